The summed E-state index contributed by atoms with van der Waals surface area (Å²) in [5.41, 5.74) is 0. The molecule has 0 rings (SSSR count). The molecular formula is C11H27NO4. The van der Waals surface area contributed by atoms with Crippen LogP contribution < -0.4 is 0 Å². The summed E-state index contributed by atoms with van der Waals surface area (Å²) in [6.07, 6.45) is 1.60. The van der Waals surface area contributed by atoms with E-state index in [1.807, 2.05) is 0 Å². The Kier molecular flexibility index (Phi) is 16.8. The van der Waals surface area contributed by atoms with E-state index in [1.54, 1.807) is 6.92 Å². The maximum absolute atomic E-state index is 8.64. The van der Waals surface area contributed by atoms with Crippen LogP contribution in [0.5, 0.6) is 0 Å². The minimum absolute atomic E-state index is 0.184. The van der Waals surface area contributed by atoms with E-state index in [2.05, 4.69) is 11.8 Å². The fourth-order valence-corrected chi connectivity index (χ4v) is 1.000. The summed E-state index contributed by atoms with van der Waals surface area (Å²) in [5, 5.41) is 33.1. The van der Waals surface area contributed by atoms with E-state index in [9.17, 15) is 0 Å². The van der Waals surface area contributed by atoms with E-state index in [0.29, 0.717) is 19.5 Å². The van der Waals surface area contributed by atoms with Crippen molar-refractivity contribution >= 4 is 0 Å². The van der Waals surface area contributed by atoms with E-state index in [-0.39, 0.29) is 13.2 Å². The molecule has 0 radical (unpaired) electrons. The van der Waals surface area contributed by atoms with Gasteiger partial charge in [0.25, 0.3) is 0 Å². The molecule has 0 spiro atoms. The van der Waals surface area contributed by atoms with E-state index >= 15 is 0 Å². The van der Waals surface area contributed by atoms with Crippen molar-refractivity contribution in [1.29, 1.82) is 0 Å². The monoisotopic (exact) mass is 237 g/mol. The number of hydrogen-bond acceptors (Lipinski definition) is 5. The van der Waals surface area contributed by atoms with Gasteiger partial charge in [0.05, 0.1) is 13.2 Å². The molecule has 0 saturated heterocycles. The second-order valence-electron chi connectivity index (χ2n) is 3.53. The summed E-state index contributed by atoms with van der Waals surface area (Å²) in [6.45, 7) is 6.55. The molecule has 0 aromatic rings. The Hall–Kier alpha value is -0.200. The first kappa shape index (κ1) is 18.2. The van der Waals surface area contributed by atoms with Crippen LogP contribution in [0.2, 0.25) is 0 Å². The lowest BCUT2D eigenvalue weighted by Crippen LogP contribution is -2.30. The largest absolute Gasteiger partial charge is 0.395 e. The summed E-state index contributed by atoms with van der Waals surface area (Å²) in [7, 11) is 0. The minimum Gasteiger partial charge on any atom is -0.395 e. The quantitative estimate of drug-likeness (QED) is 0.439. The molecule has 16 heavy (non-hydrogen) atoms. The molecule has 0 unspecified atom stereocenters. The molecule has 0 saturated carbocycles. The molecule has 100 valence electrons. The average molecular weight is 237 g/mol. The molecule has 0 bridgehead atoms. The van der Waals surface area contributed by atoms with Crippen molar-refractivity contribution in [2.24, 2.45) is 0 Å². The zero-order chi connectivity index (χ0) is 12.8. The van der Waals surface area contributed by atoms with Gasteiger partial charge in [0, 0.05) is 13.1 Å². The molecule has 0 amide bonds. The Labute approximate surface area is 98.3 Å². The number of nitrogens with zero attached hydrogens (tertiary/aromatic N) is 1. The number of hydrogen-bond donors (Lipinski definition) is 4. The lowest BCUT2D eigenvalue weighted by Gasteiger charge is -2.19. The molecule has 5 nitrogen and oxygen atoms in total. The molecule has 4 N–H and O–H groups in total. The van der Waals surface area contributed by atoms with Crippen molar-refractivity contribution in [3.63, 3.8) is 0 Å². The Morgan fingerprint density at radius 1 is 0.938 bits per heavy atom. The lowest BCUT2D eigenvalue weighted by molar-refractivity contribution is -0.0413. The SMILES string of the molecule is CCC(O)O.CCCCN(CCO)CCO. The fraction of sp³-hybridized carbons (Fsp3) is 1.00. The third-order valence-electron chi connectivity index (χ3n) is 2.03. The molecule has 5 heteroatoms. The lowest BCUT2D eigenvalue weighted by atomic mass is 10.3. The predicted molar refractivity (Wildman–Crippen MR) is 64.0 cm³/mol. The first-order valence-electron chi connectivity index (χ1n) is 5.92. The van der Waals surface area contributed by atoms with Crippen LogP contribution in [0.4, 0.5) is 0 Å². The van der Waals surface area contributed by atoms with E-state index < -0.39 is 6.29 Å². The van der Waals surface area contributed by atoms with Crippen LogP contribution in [-0.4, -0.2) is 64.5 Å². The zero-order valence-electron chi connectivity index (χ0n) is 10.5. The Morgan fingerprint density at radius 3 is 1.62 bits per heavy atom. The smallest absolute Gasteiger partial charge is 0.151 e. The van der Waals surface area contributed by atoms with Gasteiger partial charge in [-0.25, -0.2) is 0 Å². The molecule has 0 fully saturated rings. The van der Waals surface area contributed by atoms with Gasteiger partial charge in [0.2, 0.25) is 0 Å². The Balaban J connectivity index is 0. The van der Waals surface area contributed by atoms with Gasteiger partial charge in [0.15, 0.2) is 6.29 Å². The third kappa shape index (κ3) is 16.2. The molecule has 0 aliphatic carbocycles. The van der Waals surface area contributed by atoms with Crippen LogP contribution in [0.25, 0.3) is 0 Å². The first-order chi connectivity index (χ1) is 7.62. The highest BCUT2D eigenvalue weighted by Crippen LogP contribution is 1.93. The van der Waals surface area contributed by atoms with Crippen molar-refractivity contribution < 1.29 is 20.4 Å². The van der Waals surface area contributed by atoms with Crippen molar-refractivity contribution in [3.05, 3.63) is 0 Å². The third-order valence-corrected chi connectivity index (χ3v) is 2.03. The van der Waals surface area contributed by atoms with Crippen LogP contribution in [0.1, 0.15) is 33.1 Å². The summed E-state index contributed by atoms with van der Waals surface area (Å²) in [5.74, 6) is 0. The van der Waals surface area contributed by atoms with Crippen molar-refractivity contribution in [2.75, 3.05) is 32.8 Å². The maximum Gasteiger partial charge on any atom is 0.151 e. The van der Waals surface area contributed by atoms with Crippen LogP contribution >= 0.6 is 0 Å². The van der Waals surface area contributed by atoms with Crippen LogP contribution in [0, 0.1) is 0 Å². The second kappa shape index (κ2) is 14.8. The normalized spacial score (nSPS) is 10.5. The van der Waals surface area contributed by atoms with Gasteiger partial charge in [-0.05, 0) is 19.4 Å². The zero-order valence-corrected chi connectivity index (χ0v) is 10.5. The summed E-state index contributed by atoms with van der Waals surface area (Å²) < 4.78 is 0. The highest BCUT2D eigenvalue weighted by Gasteiger charge is 2.00. The van der Waals surface area contributed by atoms with Gasteiger partial charge in [-0.15, -0.1) is 0 Å². The molecule has 0 aliphatic heterocycles. The van der Waals surface area contributed by atoms with Crippen molar-refractivity contribution in [2.45, 2.75) is 39.4 Å². The minimum atomic E-state index is -1.12. The molecule has 0 atom stereocenters. The second-order valence-corrected chi connectivity index (χ2v) is 3.53. The summed E-state index contributed by atoms with van der Waals surface area (Å²) >= 11 is 0. The topological polar surface area (TPSA) is 84.2 Å². The van der Waals surface area contributed by atoms with Gasteiger partial charge < -0.3 is 20.4 Å². The van der Waals surface area contributed by atoms with Gasteiger partial charge >= 0.3 is 0 Å². The highest BCUT2D eigenvalue weighted by atomic mass is 16.5. The van der Waals surface area contributed by atoms with Gasteiger partial charge in [-0.2, -0.15) is 0 Å². The van der Waals surface area contributed by atoms with Crippen LogP contribution in [0.3, 0.4) is 0 Å². The van der Waals surface area contributed by atoms with Crippen molar-refractivity contribution in [1.82, 2.24) is 4.90 Å². The highest BCUT2D eigenvalue weighted by molar-refractivity contribution is 4.55. The van der Waals surface area contributed by atoms with Gasteiger partial charge in [-0.1, -0.05) is 20.3 Å². The average Bonchev–Trinajstić information content (AvgIpc) is 2.27. The predicted octanol–water partition coefficient (Wildman–Crippen LogP) is -0.220. The fourth-order valence-electron chi connectivity index (χ4n) is 1.000. The molecule has 0 aliphatic rings. The molecule has 0 heterocycles. The maximum atomic E-state index is 8.64. The number of unbranched alkanes of at least 4 members (excludes halogenated alkanes) is 1. The first-order valence-corrected chi connectivity index (χ1v) is 5.92. The number of aliphatic hydroxyl groups is 4. The van der Waals surface area contributed by atoms with Gasteiger partial charge in [-0.3, -0.25) is 4.90 Å². The molecule has 0 aromatic carbocycles. The summed E-state index contributed by atoms with van der Waals surface area (Å²) in [6, 6.07) is 0. The van der Waals surface area contributed by atoms with E-state index in [4.69, 9.17) is 20.4 Å². The standard InChI is InChI=1S/C8H19NO2.C3H8O2/c1-2-3-4-9(5-7-10)6-8-11;1-2-3(4)5/h10-11H,2-8H2,1H3;3-5H,2H2,1H3. The summed E-state index contributed by atoms with van der Waals surface area (Å²) in [4.78, 5) is 2.07. The number of rotatable bonds is 8. The van der Waals surface area contributed by atoms with Crippen molar-refractivity contribution in [3.8, 4) is 0 Å². The molecular weight excluding hydrogens is 210 g/mol. The van der Waals surface area contributed by atoms with E-state index in [1.165, 1.54) is 0 Å². The Bertz CT molecular complexity index is 117. The van der Waals surface area contributed by atoms with E-state index in [0.717, 1.165) is 19.4 Å². The molecule has 0 aromatic heterocycles. The van der Waals surface area contributed by atoms with Crippen LogP contribution in [-0.2, 0) is 0 Å². The van der Waals surface area contributed by atoms with Crippen LogP contribution in [0.15, 0.2) is 0 Å². The van der Waals surface area contributed by atoms with Gasteiger partial charge in [0.1, 0.15) is 0 Å². The Morgan fingerprint density at radius 2 is 1.38 bits per heavy atom. The number of aliphatic hydroxyl groups excluding tert-OH is 3.